The van der Waals surface area contributed by atoms with E-state index >= 15 is 0 Å². The fraction of sp³-hybridized carbons (Fsp3) is 0.111. The fourth-order valence-corrected chi connectivity index (χ4v) is 1.65. The highest BCUT2D eigenvalue weighted by Crippen LogP contribution is 2.33. The van der Waals surface area contributed by atoms with Gasteiger partial charge in [-0.05, 0) is 28.1 Å². The normalized spacial score (nSPS) is 11.6. The first-order chi connectivity index (χ1) is 7.47. The number of carboxylic acid groups (broad SMARTS) is 1. The van der Waals surface area contributed by atoms with Gasteiger partial charge in [0, 0.05) is 4.47 Å². The number of halogens is 3. The Morgan fingerprint density at radius 1 is 1.56 bits per heavy atom. The minimum absolute atomic E-state index is 0.0206. The van der Waals surface area contributed by atoms with Crippen LogP contribution in [0.2, 0.25) is 5.02 Å². The van der Waals surface area contributed by atoms with E-state index < -0.39 is 5.97 Å². The van der Waals surface area contributed by atoms with Crippen LogP contribution in [-0.4, -0.2) is 22.8 Å². The molecule has 1 aromatic carbocycles. The van der Waals surface area contributed by atoms with Crippen LogP contribution in [0.4, 0.5) is 5.69 Å². The maximum Gasteiger partial charge on any atom is 0.339 e. The van der Waals surface area contributed by atoms with Gasteiger partial charge in [-0.1, -0.05) is 11.6 Å². The summed E-state index contributed by atoms with van der Waals surface area (Å²) in [5, 5.41) is 9.09. The molecular formula is C9H7BrCl2N2O2. The molecule has 7 heteroatoms. The molecule has 1 rings (SSSR count). The van der Waals surface area contributed by atoms with Crippen molar-refractivity contribution in [3.8, 4) is 0 Å². The van der Waals surface area contributed by atoms with Crippen molar-refractivity contribution in [1.82, 2.24) is 0 Å². The van der Waals surface area contributed by atoms with Crippen LogP contribution in [0, 0.1) is 0 Å². The van der Waals surface area contributed by atoms with Crippen molar-refractivity contribution in [3.05, 3.63) is 27.2 Å². The monoisotopic (exact) mass is 324 g/mol. The zero-order valence-electron chi connectivity index (χ0n) is 7.88. The number of hydrogen-bond acceptors (Lipinski definition) is 2. The van der Waals surface area contributed by atoms with Crippen molar-refractivity contribution < 1.29 is 9.90 Å². The molecule has 0 heterocycles. The lowest BCUT2D eigenvalue weighted by Gasteiger charge is -2.05. The highest BCUT2D eigenvalue weighted by molar-refractivity contribution is 9.10. The first kappa shape index (κ1) is 13.3. The molecule has 4 nitrogen and oxygen atoms in total. The van der Waals surface area contributed by atoms with E-state index in [2.05, 4.69) is 20.9 Å². The van der Waals surface area contributed by atoms with E-state index in [0.717, 1.165) is 0 Å². The molecule has 0 aromatic heterocycles. The van der Waals surface area contributed by atoms with E-state index in [1.165, 1.54) is 6.07 Å². The summed E-state index contributed by atoms with van der Waals surface area (Å²) in [5.74, 6) is -1.03. The molecule has 0 bridgehead atoms. The van der Waals surface area contributed by atoms with E-state index in [4.69, 9.17) is 34.0 Å². The number of alkyl halides is 1. The van der Waals surface area contributed by atoms with Crippen molar-refractivity contribution in [3.63, 3.8) is 0 Å². The third kappa shape index (κ3) is 2.87. The Kier molecular flexibility index (Phi) is 4.58. The quantitative estimate of drug-likeness (QED) is 0.509. The average molecular weight is 326 g/mol. The number of carboxylic acids is 1. The standard InChI is InChI=1S/C9H7BrCl2N2O2/c10-4-1-2-5(14-6(13)3-11)7(8(4)12)9(15)16/h1-2H,3H2,(H2,13,14)(H,15,16). The Bertz CT molecular complexity index is 463. The van der Waals surface area contributed by atoms with Gasteiger partial charge < -0.3 is 10.8 Å². The van der Waals surface area contributed by atoms with Crippen LogP contribution in [-0.2, 0) is 0 Å². The van der Waals surface area contributed by atoms with Crippen molar-refractivity contribution in [2.75, 3.05) is 5.88 Å². The van der Waals surface area contributed by atoms with Crippen molar-refractivity contribution in [1.29, 1.82) is 0 Å². The predicted octanol–water partition coefficient (Wildman–Crippen LogP) is 3.03. The van der Waals surface area contributed by atoms with Crippen molar-refractivity contribution in [2.45, 2.75) is 0 Å². The van der Waals surface area contributed by atoms with Gasteiger partial charge in [-0.2, -0.15) is 0 Å². The van der Waals surface area contributed by atoms with Crippen molar-refractivity contribution in [2.24, 2.45) is 10.7 Å². The summed E-state index contributed by atoms with van der Waals surface area (Å²) in [6, 6.07) is 3.09. The molecule has 0 radical (unpaired) electrons. The lowest BCUT2D eigenvalue weighted by Crippen LogP contribution is -2.13. The molecule has 0 saturated carbocycles. The maximum absolute atomic E-state index is 11.0. The Balaban J connectivity index is 3.40. The zero-order chi connectivity index (χ0) is 12.3. The van der Waals surface area contributed by atoms with Gasteiger partial charge in [0.15, 0.2) is 0 Å². The second-order valence-electron chi connectivity index (χ2n) is 2.80. The highest BCUT2D eigenvalue weighted by Gasteiger charge is 2.16. The molecular weight excluding hydrogens is 319 g/mol. The fourth-order valence-electron chi connectivity index (χ4n) is 1.02. The molecule has 0 saturated heterocycles. The Hall–Kier alpha value is -0.780. The van der Waals surface area contributed by atoms with Crippen LogP contribution in [0.5, 0.6) is 0 Å². The summed E-state index contributed by atoms with van der Waals surface area (Å²) < 4.78 is 0.481. The molecule has 0 aliphatic carbocycles. The zero-order valence-corrected chi connectivity index (χ0v) is 11.0. The molecule has 0 amide bonds. The third-order valence-electron chi connectivity index (χ3n) is 1.69. The molecule has 0 atom stereocenters. The van der Waals surface area contributed by atoms with Gasteiger partial charge in [-0.15, -0.1) is 11.6 Å². The average Bonchev–Trinajstić information content (AvgIpc) is 2.23. The van der Waals surface area contributed by atoms with Crippen molar-refractivity contribution >= 4 is 56.6 Å². The summed E-state index contributed by atoms with van der Waals surface area (Å²) in [6.07, 6.45) is 0. The second kappa shape index (κ2) is 5.52. The number of carbonyl (C=O) groups is 1. The van der Waals surface area contributed by atoms with Gasteiger partial charge in [0.25, 0.3) is 0 Å². The number of nitrogens with two attached hydrogens (primary N) is 1. The van der Waals surface area contributed by atoms with Crippen LogP contribution in [0.15, 0.2) is 21.6 Å². The van der Waals surface area contributed by atoms with Gasteiger partial charge in [-0.25, -0.2) is 9.79 Å². The summed E-state index contributed by atoms with van der Waals surface area (Å²) in [7, 11) is 0. The minimum atomic E-state index is -1.17. The molecule has 86 valence electrons. The van der Waals surface area contributed by atoms with Crippen LogP contribution >= 0.6 is 39.1 Å². The molecule has 0 fully saturated rings. The summed E-state index contributed by atoms with van der Waals surface area (Å²) >= 11 is 14.4. The van der Waals surface area contributed by atoms with Crippen LogP contribution in [0.1, 0.15) is 10.4 Å². The Morgan fingerprint density at radius 2 is 2.19 bits per heavy atom. The van der Waals surface area contributed by atoms with E-state index in [9.17, 15) is 4.79 Å². The smallest absolute Gasteiger partial charge is 0.339 e. The first-order valence-corrected chi connectivity index (χ1v) is 5.78. The Labute approximate surface area is 110 Å². The lowest BCUT2D eigenvalue weighted by atomic mass is 10.2. The number of amidine groups is 1. The number of aromatic carboxylic acids is 1. The van der Waals surface area contributed by atoms with Crippen LogP contribution in [0.3, 0.4) is 0 Å². The van der Waals surface area contributed by atoms with E-state index in [1.54, 1.807) is 6.07 Å². The number of nitrogens with zero attached hydrogens (tertiary/aromatic N) is 1. The third-order valence-corrected chi connectivity index (χ3v) is 3.24. The number of benzene rings is 1. The van der Waals surface area contributed by atoms with Gasteiger partial charge in [0.2, 0.25) is 0 Å². The second-order valence-corrected chi connectivity index (χ2v) is 4.30. The molecule has 3 N–H and O–H groups in total. The SMILES string of the molecule is NC(CCl)=Nc1ccc(Br)c(Cl)c1C(=O)O. The van der Waals surface area contributed by atoms with E-state index in [-0.39, 0.29) is 28.0 Å². The first-order valence-electron chi connectivity index (χ1n) is 4.07. The number of aliphatic imine (C=N–C) groups is 1. The summed E-state index contributed by atoms with van der Waals surface area (Å²) in [6.45, 7) is 0. The molecule has 16 heavy (non-hydrogen) atoms. The predicted molar refractivity (Wildman–Crippen MR) is 68.1 cm³/mol. The summed E-state index contributed by atoms with van der Waals surface area (Å²) in [4.78, 5) is 14.9. The molecule has 1 aromatic rings. The largest absolute Gasteiger partial charge is 0.478 e. The molecule has 0 spiro atoms. The molecule has 0 aliphatic rings. The van der Waals surface area contributed by atoms with Gasteiger partial charge in [0.05, 0.1) is 16.6 Å². The minimum Gasteiger partial charge on any atom is -0.478 e. The van der Waals surface area contributed by atoms with E-state index in [0.29, 0.717) is 4.47 Å². The highest BCUT2D eigenvalue weighted by atomic mass is 79.9. The lowest BCUT2D eigenvalue weighted by molar-refractivity contribution is 0.0698. The molecule has 0 unspecified atom stereocenters. The van der Waals surface area contributed by atoms with Crippen LogP contribution < -0.4 is 5.73 Å². The van der Waals surface area contributed by atoms with Gasteiger partial charge in [-0.3, -0.25) is 0 Å². The maximum atomic E-state index is 11.0. The van der Waals surface area contributed by atoms with Crippen LogP contribution in [0.25, 0.3) is 0 Å². The number of rotatable bonds is 3. The van der Waals surface area contributed by atoms with E-state index in [1.807, 2.05) is 0 Å². The summed E-state index contributed by atoms with van der Waals surface area (Å²) in [5.41, 5.74) is 5.50. The topological polar surface area (TPSA) is 75.7 Å². The number of hydrogen-bond donors (Lipinski definition) is 2. The van der Waals surface area contributed by atoms with Gasteiger partial charge in [0.1, 0.15) is 11.4 Å². The van der Waals surface area contributed by atoms with Gasteiger partial charge >= 0.3 is 5.97 Å². The Morgan fingerprint density at radius 3 is 2.69 bits per heavy atom. The molecule has 0 aliphatic heterocycles.